The number of aryl methyl sites for hydroxylation is 1. The van der Waals surface area contributed by atoms with Crippen LogP contribution in [0.25, 0.3) is 0 Å². The average molecular weight is 381 g/mol. The quantitative estimate of drug-likeness (QED) is 0.829. The molecule has 132 valence electrons. The lowest BCUT2D eigenvalue weighted by molar-refractivity contribution is -0.135. The molecule has 2 amide bonds. The summed E-state index contributed by atoms with van der Waals surface area (Å²) in [7, 11) is 1.54. The van der Waals surface area contributed by atoms with Gasteiger partial charge in [0.05, 0.1) is 16.6 Å². The Kier molecular flexibility index (Phi) is 6.67. The van der Waals surface area contributed by atoms with E-state index in [1.807, 2.05) is 25.1 Å². The monoisotopic (exact) mass is 380 g/mol. The van der Waals surface area contributed by atoms with Crippen molar-refractivity contribution >= 4 is 40.7 Å². The normalized spacial score (nSPS) is 10.2. The van der Waals surface area contributed by atoms with Crippen LogP contribution in [-0.4, -0.2) is 36.9 Å². The van der Waals surface area contributed by atoms with Crippen LogP contribution >= 0.6 is 23.2 Å². The smallest absolute Gasteiger partial charge is 0.260 e. The number of nitrogens with one attached hydrogen (secondary N) is 1. The highest BCUT2D eigenvalue weighted by Crippen LogP contribution is 2.24. The zero-order chi connectivity index (χ0) is 18.4. The Hall–Kier alpha value is -2.24. The molecule has 2 rings (SSSR count). The zero-order valence-electron chi connectivity index (χ0n) is 13.9. The van der Waals surface area contributed by atoms with Crippen LogP contribution in [0.15, 0.2) is 42.5 Å². The molecule has 1 N–H and O–H groups in total. The number of ether oxygens (including phenoxy) is 1. The number of carbonyl (C=O) groups is 2. The highest BCUT2D eigenvalue weighted by Gasteiger charge is 2.14. The summed E-state index contributed by atoms with van der Waals surface area (Å²) >= 11 is 11.7. The topological polar surface area (TPSA) is 58.6 Å². The van der Waals surface area contributed by atoms with Crippen LogP contribution in [0.4, 0.5) is 5.69 Å². The number of hydrogen-bond donors (Lipinski definition) is 1. The van der Waals surface area contributed by atoms with Crippen molar-refractivity contribution in [2.24, 2.45) is 0 Å². The van der Waals surface area contributed by atoms with Crippen LogP contribution < -0.4 is 10.1 Å². The Morgan fingerprint density at radius 2 is 1.84 bits per heavy atom. The highest BCUT2D eigenvalue weighted by molar-refractivity contribution is 6.42. The second-order valence-electron chi connectivity index (χ2n) is 5.48. The molecule has 0 fully saturated rings. The molecule has 0 aliphatic carbocycles. The van der Waals surface area contributed by atoms with Crippen LogP contribution in [0.3, 0.4) is 0 Å². The summed E-state index contributed by atoms with van der Waals surface area (Å²) in [6.45, 7) is 1.66. The Morgan fingerprint density at radius 3 is 2.52 bits per heavy atom. The van der Waals surface area contributed by atoms with Crippen molar-refractivity contribution < 1.29 is 14.3 Å². The maximum Gasteiger partial charge on any atom is 0.260 e. The van der Waals surface area contributed by atoms with Crippen LogP contribution in [0, 0.1) is 6.92 Å². The maximum absolute atomic E-state index is 12.1. The second kappa shape index (κ2) is 8.74. The first-order valence-corrected chi connectivity index (χ1v) is 8.29. The molecule has 0 aliphatic rings. The summed E-state index contributed by atoms with van der Waals surface area (Å²) < 4.78 is 5.49. The lowest BCUT2D eigenvalue weighted by Gasteiger charge is -2.17. The van der Waals surface area contributed by atoms with Crippen molar-refractivity contribution in [1.82, 2.24) is 4.90 Å². The van der Waals surface area contributed by atoms with Crippen LogP contribution in [0.2, 0.25) is 10.0 Å². The minimum absolute atomic E-state index is 0.101. The summed E-state index contributed by atoms with van der Waals surface area (Å²) in [5.41, 5.74) is 1.45. The third-order valence-electron chi connectivity index (χ3n) is 3.45. The maximum atomic E-state index is 12.1. The molecule has 2 aromatic carbocycles. The van der Waals surface area contributed by atoms with Crippen molar-refractivity contribution in [2.75, 3.05) is 25.5 Å². The number of carbonyl (C=O) groups excluding carboxylic acids is 2. The van der Waals surface area contributed by atoms with Gasteiger partial charge in [-0.1, -0.05) is 41.4 Å². The van der Waals surface area contributed by atoms with E-state index in [2.05, 4.69) is 5.32 Å². The summed E-state index contributed by atoms with van der Waals surface area (Å²) in [6.07, 6.45) is 0. The molecule has 0 aliphatic heterocycles. The summed E-state index contributed by atoms with van der Waals surface area (Å²) in [6, 6.07) is 12.2. The molecule has 2 aromatic rings. The molecule has 0 atom stereocenters. The first-order valence-electron chi connectivity index (χ1n) is 7.54. The molecule has 5 nitrogen and oxygen atoms in total. The number of rotatable bonds is 6. The fraction of sp³-hybridized carbons (Fsp3) is 0.222. The minimum Gasteiger partial charge on any atom is -0.484 e. The van der Waals surface area contributed by atoms with Crippen molar-refractivity contribution in [3.63, 3.8) is 0 Å². The second-order valence-corrected chi connectivity index (χ2v) is 6.30. The van der Waals surface area contributed by atoms with Gasteiger partial charge in [-0.15, -0.1) is 0 Å². The molecule has 0 aromatic heterocycles. The Labute approximate surface area is 156 Å². The van der Waals surface area contributed by atoms with Gasteiger partial charge in [0.25, 0.3) is 5.91 Å². The Balaban J connectivity index is 1.84. The SMILES string of the molecule is Cc1ccccc1OCC(=O)N(C)CC(=O)Nc1ccc(Cl)c(Cl)c1. The van der Waals surface area contributed by atoms with Gasteiger partial charge in [-0.25, -0.2) is 0 Å². The van der Waals surface area contributed by atoms with Crippen LogP contribution in [0.5, 0.6) is 5.75 Å². The molecular formula is C18H18Cl2N2O3. The number of hydrogen-bond acceptors (Lipinski definition) is 3. The fourth-order valence-electron chi connectivity index (χ4n) is 2.05. The Bertz CT molecular complexity index is 781. The van der Waals surface area contributed by atoms with Gasteiger partial charge in [-0.3, -0.25) is 9.59 Å². The number of benzene rings is 2. The van der Waals surface area contributed by atoms with E-state index in [9.17, 15) is 9.59 Å². The van der Waals surface area contributed by atoms with E-state index in [0.29, 0.717) is 21.5 Å². The first-order chi connectivity index (χ1) is 11.9. The summed E-state index contributed by atoms with van der Waals surface area (Å²) in [4.78, 5) is 25.4. The van der Waals surface area contributed by atoms with Gasteiger partial charge in [0.15, 0.2) is 6.61 Å². The molecule has 0 saturated heterocycles. The third kappa shape index (κ3) is 5.66. The van der Waals surface area contributed by atoms with E-state index >= 15 is 0 Å². The van der Waals surface area contributed by atoms with Gasteiger partial charge in [0, 0.05) is 12.7 Å². The Morgan fingerprint density at radius 1 is 1.12 bits per heavy atom. The number of para-hydroxylation sites is 1. The van der Waals surface area contributed by atoms with E-state index in [4.69, 9.17) is 27.9 Å². The van der Waals surface area contributed by atoms with Crippen molar-refractivity contribution in [3.8, 4) is 5.75 Å². The number of nitrogens with zero attached hydrogens (tertiary/aromatic N) is 1. The number of halogens is 2. The largest absolute Gasteiger partial charge is 0.484 e. The van der Waals surface area contributed by atoms with E-state index in [1.54, 1.807) is 24.3 Å². The first kappa shape index (κ1) is 19.1. The summed E-state index contributed by atoms with van der Waals surface area (Å²) in [5.74, 6) is 0.00202. The minimum atomic E-state index is -0.342. The van der Waals surface area contributed by atoms with Gasteiger partial charge in [-0.05, 0) is 36.8 Å². The highest BCUT2D eigenvalue weighted by atomic mass is 35.5. The van der Waals surface area contributed by atoms with Crippen molar-refractivity contribution in [2.45, 2.75) is 6.92 Å². The molecule has 0 radical (unpaired) electrons. The van der Waals surface area contributed by atoms with Gasteiger partial charge in [-0.2, -0.15) is 0 Å². The lowest BCUT2D eigenvalue weighted by atomic mass is 10.2. The number of anilines is 1. The van der Waals surface area contributed by atoms with Crippen molar-refractivity contribution in [1.29, 1.82) is 0 Å². The van der Waals surface area contributed by atoms with Crippen molar-refractivity contribution in [3.05, 3.63) is 58.1 Å². The van der Waals surface area contributed by atoms with E-state index in [1.165, 1.54) is 11.9 Å². The van der Waals surface area contributed by atoms with E-state index in [0.717, 1.165) is 5.56 Å². The summed E-state index contributed by atoms with van der Waals surface area (Å²) in [5, 5.41) is 3.41. The molecule has 25 heavy (non-hydrogen) atoms. The molecule has 0 spiro atoms. The molecule has 0 unspecified atom stereocenters. The van der Waals surface area contributed by atoms with E-state index in [-0.39, 0.29) is 25.0 Å². The fourth-order valence-corrected chi connectivity index (χ4v) is 2.34. The van der Waals surface area contributed by atoms with Gasteiger partial charge < -0.3 is 15.0 Å². The average Bonchev–Trinajstić information content (AvgIpc) is 2.57. The molecule has 0 bridgehead atoms. The van der Waals surface area contributed by atoms with Crippen LogP contribution in [0.1, 0.15) is 5.56 Å². The molecule has 0 heterocycles. The van der Waals surface area contributed by atoms with Gasteiger partial charge >= 0.3 is 0 Å². The van der Waals surface area contributed by atoms with Gasteiger partial charge in [0.2, 0.25) is 5.91 Å². The lowest BCUT2D eigenvalue weighted by Crippen LogP contribution is -2.37. The number of amides is 2. The molecule has 7 heteroatoms. The van der Waals surface area contributed by atoms with E-state index < -0.39 is 0 Å². The number of likely N-dealkylation sites (N-methyl/N-ethyl adjacent to an activating group) is 1. The predicted molar refractivity (Wildman–Crippen MR) is 99.4 cm³/mol. The molecule has 0 saturated carbocycles. The van der Waals surface area contributed by atoms with Gasteiger partial charge in [0.1, 0.15) is 5.75 Å². The molecular weight excluding hydrogens is 363 g/mol. The predicted octanol–water partition coefficient (Wildman–Crippen LogP) is 3.78. The zero-order valence-corrected chi connectivity index (χ0v) is 15.4. The third-order valence-corrected chi connectivity index (χ3v) is 4.19. The van der Waals surface area contributed by atoms with Crippen LogP contribution in [-0.2, 0) is 9.59 Å². The standard InChI is InChI=1S/C18H18Cl2N2O3/c1-12-5-3-4-6-16(12)25-11-18(24)22(2)10-17(23)21-13-7-8-14(19)15(20)9-13/h3-9H,10-11H2,1-2H3,(H,21,23).